The highest BCUT2D eigenvalue weighted by Gasteiger charge is 2.40. The third kappa shape index (κ3) is 2.55. The van der Waals surface area contributed by atoms with Gasteiger partial charge in [-0.15, -0.1) is 0 Å². The maximum Gasteiger partial charge on any atom is 0.380 e. The van der Waals surface area contributed by atoms with E-state index in [1.807, 2.05) is 30.3 Å². The fourth-order valence-electron chi connectivity index (χ4n) is 2.37. The van der Waals surface area contributed by atoms with Crippen molar-refractivity contribution >= 4 is 18.5 Å². The van der Waals surface area contributed by atoms with Gasteiger partial charge in [0.15, 0.2) is 0 Å². The van der Waals surface area contributed by atoms with Crippen LogP contribution >= 0.6 is 6.72 Å². The Hall–Kier alpha value is -0.410. The second kappa shape index (κ2) is 4.69. The second-order valence-corrected chi connectivity index (χ2v) is 7.37. The van der Waals surface area contributed by atoms with Crippen LogP contribution in [0.15, 0.2) is 30.3 Å². The molecule has 0 bridgehead atoms. The standard InChI is InChI=1S/C12H15O3PS/c17-16(14-11-6-2-1-3-7-11)13-9-10-5-4-8-12(10)15-16/h1-3,6-7,10,12H,4-5,8-9H2/t10-,12+,16+/m1/s1. The van der Waals surface area contributed by atoms with Gasteiger partial charge in [-0.3, -0.25) is 9.05 Å². The number of rotatable bonds is 2. The molecule has 1 heterocycles. The lowest BCUT2D eigenvalue weighted by molar-refractivity contribution is 0.0442. The lowest BCUT2D eigenvalue weighted by Gasteiger charge is -2.33. The molecule has 1 aromatic carbocycles. The van der Waals surface area contributed by atoms with E-state index in [9.17, 15) is 0 Å². The van der Waals surface area contributed by atoms with Crippen molar-refractivity contribution in [3.05, 3.63) is 30.3 Å². The van der Waals surface area contributed by atoms with Crippen LogP contribution in [0, 0.1) is 5.92 Å². The van der Waals surface area contributed by atoms with Crippen LogP contribution in [0.4, 0.5) is 0 Å². The fourth-order valence-corrected chi connectivity index (χ4v) is 4.67. The van der Waals surface area contributed by atoms with E-state index in [1.165, 1.54) is 12.8 Å². The van der Waals surface area contributed by atoms with Gasteiger partial charge in [0.25, 0.3) is 0 Å². The van der Waals surface area contributed by atoms with Crippen LogP contribution in [0.2, 0.25) is 0 Å². The monoisotopic (exact) mass is 270 g/mol. The molecule has 5 heteroatoms. The Bertz CT molecular complexity index is 437. The van der Waals surface area contributed by atoms with Gasteiger partial charge in [-0.2, -0.15) is 0 Å². The molecule has 1 saturated heterocycles. The highest BCUT2D eigenvalue weighted by atomic mass is 32.5. The Morgan fingerprint density at radius 1 is 1.24 bits per heavy atom. The molecule has 2 aliphatic rings. The molecule has 3 nitrogen and oxygen atoms in total. The van der Waals surface area contributed by atoms with Crippen LogP contribution in [0.25, 0.3) is 0 Å². The minimum atomic E-state index is -2.57. The molecular weight excluding hydrogens is 255 g/mol. The molecule has 0 spiro atoms. The first kappa shape index (κ1) is 11.7. The van der Waals surface area contributed by atoms with Gasteiger partial charge >= 0.3 is 6.72 Å². The topological polar surface area (TPSA) is 27.7 Å². The molecule has 1 aliphatic heterocycles. The molecule has 1 aromatic rings. The van der Waals surface area contributed by atoms with Crippen LogP contribution in [0.1, 0.15) is 19.3 Å². The molecule has 17 heavy (non-hydrogen) atoms. The average molecular weight is 270 g/mol. The first-order valence-electron chi connectivity index (χ1n) is 5.93. The van der Waals surface area contributed by atoms with E-state index < -0.39 is 6.72 Å². The van der Waals surface area contributed by atoms with Crippen molar-refractivity contribution in [1.29, 1.82) is 0 Å². The summed E-state index contributed by atoms with van der Waals surface area (Å²) < 4.78 is 17.3. The highest BCUT2D eigenvalue weighted by Crippen LogP contribution is 2.57. The van der Waals surface area contributed by atoms with E-state index in [2.05, 4.69) is 0 Å². The maximum atomic E-state index is 5.88. The molecule has 1 aliphatic carbocycles. The van der Waals surface area contributed by atoms with E-state index in [4.69, 9.17) is 25.4 Å². The quantitative estimate of drug-likeness (QED) is 0.769. The van der Waals surface area contributed by atoms with Gasteiger partial charge in [0, 0.05) is 17.7 Å². The summed E-state index contributed by atoms with van der Waals surface area (Å²) in [6.45, 7) is -1.88. The Morgan fingerprint density at radius 3 is 2.88 bits per heavy atom. The third-order valence-electron chi connectivity index (χ3n) is 3.26. The molecule has 0 N–H and O–H groups in total. The summed E-state index contributed by atoms with van der Waals surface area (Å²) in [5.41, 5.74) is 0. The van der Waals surface area contributed by atoms with Crippen molar-refractivity contribution in [3.8, 4) is 5.75 Å². The smallest absolute Gasteiger partial charge is 0.380 e. The Morgan fingerprint density at radius 2 is 2.06 bits per heavy atom. The average Bonchev–Trinajstić information content (AvgIpc) is 2.76. The molecular formula is C12H15O3PS. The van der Waals surface area contributed by atoms with E-state index in [1.54, 1.807) is 0 Å². The van der Waals surface area contributed by atoms with Gasteiger partial charge in [0.2, 0.25) is 0 Å². The van der Waals surface area contributed by atoms with Crippen LogP contribution < -0.4 is 4.52 Å². The summed E-state index contributed by atoms with van der Waals surface area (Å²) in [5, 5.41) is 0. The maximum absolute atomic E-state index is 5.88. The molecule has 92 valence electrons. The number of hydrogen-bond donors (Lipinski definition) is 0. The lowest BCUT2D eigenvalue weighted by atomic mass is 10.1. The minimum Gasteiger partial charge on any atom is -0.424 e. The first-order valence-corrected chi connectivity index (χ1v) is 8.48. The number of para-hydroxylation sites is 1. The van der Waals surface area contributed by atoms with E-state index >= 15 is 0 Å². The Balaban J connectivity index is 1.72. The molecule has 0 amide bonds. The van der Waals surface area contributed by atoms with Gasteiger partial charge in [-0.25, -0.2) is 0 Å². The summed E-state index contributed by atoms with van der Waals surface area (Å²) in [6.07, 6.45) is 3.73. The summed E-state index contributed by atoms with van der Waals surface area (Å²) in [7, 11) is 0. The fraction of sp³-hybridized carbons (Fsp3) is 0.500. The van der Waals surface area contributed by atoms with Crippen LogP contribution in [-0.4, -0.2) is 12.7 Å². The largest absolute Gasteiger partial charge is 0.424 e. The van der Waals surface area contributed by atoms with Gasteiger partial charge in [0.1, 0.15) is 5.75 Å². The summed E-state index contributed by atoms with van der Waals surface area (Å²) in [6, 6.07) is 9.53. The molecule has 3 rings (SSSR count). The van der Waals surface area contributed by atoms with Crippen LogP contribution in [0.3, 0.4) is 0 Å². The van der Waals surface area contributed by atoms with E-state index in [0.29, 0.717) is 12.5 Å². The van der Waals surface area contributed by atoms with Crippen molar-refractivity contribution in [3.63, 3.8) is 0 Å². The van der Waals surface area contributed by atoms with Crippen LogP contribution in [0.5, 0.6) is 5.75 Å². The van der Waals surface area contributed by atoms with Gasteiger partial charge in [-0.05, 0) is 25.0 Å². The molecule has 0 radical (unpaired) electrons. The summed E-state index contributed by atoms with van der Waals surface area (Å²) >= 11 is 5.40. The summed E-state index contributed by atoms with van der Waals surface area (Å²) in [5.74, 6) is 1.25. The normalized spacial score (nSPS) is 36.5. The molecule has 1 saturated carbocycles. The van der Waals surface area contributed by atoms with Gasteiger partial charge < -0.3 is 4.52 Å². The lowest BCUT2D eigenvalue weighted by Crippen LogP contribution is -2.28. The number of fused-ring (bicyclic) bond motifs is 1. The van der Waals surface area contributed by atoms with Crippen molar-refractivity contribution in [2.24, 2.45) is 5.92 Å². The van der Waals surface area contributed by atoms with Crippen molar-refractivity contribution in [2.75, 3.05) is 6.61 Å². The predicted molar refractivity (Wildman–Crippen MR) is 69.5 cm³/mol. The number of hydrogen-bond acceptors (Lipinski definition) is 4. The highest BCUT2D eigenvalue weighted by molar-refractivity contribution is 8.07. The zero-order chi connectivity index (χ0) is 11.7. The SMILES string of the molecule is S=[P@]1(Oc2ccccc2)OC[C@H]2CCC[C@@H]2O1. The minimum absolute atomic E-state index is 0.248. The Labute approximate surface area is 106 Å². The van der Waals surface area contributed by atoms with Crippen LogP contribution in [-0.2, 0) is 20.9 Å². The van der Waals surface area contributed by atoms with Crippen molar-refractivity contribution < 1.29 is 13.6 Å². The molecule has 3 atom stereocenters. The van der Waals surface area contributed by atoms with E-state index in [0.717, 1.165) is 12.2 Å². The van der Waals surface area contributed by atoms with E-state index in [-0.39, 0.29) is 6.10 Å². The Kier molecular flexibility index (Phi) is 3.22. The zero-order valence-electron chi connectivity index (χ0n) is 9.45. The predicted octanol–water partition coefficient (Wildman–Crippen LogP) is 3.51. The van der Waals surface area contributed by atoms with Gasteiger partial charge in [0.05, 0.1) is 12.7 Å². The molecule has 0 aromatic heterocycles. The second-order valence-electron chi connectivity index (χ2n) is 4.48. The van der Waals surface area contributed by atoms with Crippen molar-refractivity contribution in [2.45, 2.75) is 25.4 Å². The van der Waals surface area contributed by atoms with Gasteiger partial charge in [-0.1, -0.05) is 24.6 Å². The van der Waals surface area contributed by atoms with Crippen molar-refractivity contribution in [1.82, 2.24) is 0 Å². The zero-order valence-corrected chi connectivity index (χ0v) is 11.2. The summed E-state index contributed by atoms with van der Waals surface area (Å²) in [4.78, 5) is 0. The first-order chi connectivity index (χ1) is 8.25. The number of benzene rings is 1. The third-order valence-corrected chi connectivity index (χ3v) is 5.49. The molecule has 2 fully saturated rings. The molecule has 0 unspecified atom stereocenters.